The fraction of sp³-hybridized carbons (Fsp3) is 0.280. The van der Waals surface area contributed by atoms with Crippen molar-refractivity contribution in [2.45, 2.75) is 25.1 Å². The SMILES string of the molecule is Br.FC(F)(F)c1cccc(CN(CCCBr)CC(c2ccccc2)c2ccccc2)c1Cl. The van der Waals surface area contributed by atoms with E-state index >= 15 is 0 Å². The van der Waals surface area contributed by atoms with Gasteiger partial charge in [0, 0.05) is 24.3 Å². The van der Waals surface area contributed by atoms with Crippen LogP contribution < -0.4 is 0 Å². The summed E-state index contributed by atoms with van der Waals surface area (Å²) < 4.78 is 40.0. The molecule has 3 aromatic carbocycles. The largest absolute Gasteiger partial charge is 0.417 e. The highest BCUT2D eigenvalue weighted by Gasteiger charge is 2.34. The van der Waals surface area contributed by atoms with Crippen molar-refractivity contribution in [3.05, 3.63) is 106 Å². The highest BCUT2D eigenvalue weighted by Crippen LogP contribution is 2.37. The maximum Gasteiger partial charge on any atom is 0.417 e. The molecule has 172 valence electrons. The minimum Gasteiger partial charge on any atom is -0.298 e. The van der Waals surface area contributed by atoms with Gasteiger partial charge in [-0.2, -0.15) is 13.2 Å². The molecule has 1 nitrogen and oxygen atoms in total. The van der Waals surface area contributed by atoms with E-state index in [2.05, 4.69) is 45.1 Å². The summed E-state index contributed by atoms with van der Waals surface area (Å²) in [6.07, 6.45) is -3.59. The van der Waals surface area contributed by atoms with Gasteiger partial charge >= 0.3 is 6.18 Å². The van der Waals surface area contributed by atoms with Crippen LogP contribution in [0, 0.1) is 0 Å². The smallest absolute Gasteiger partial charge is 0.298 e. The van der Waals surface area contributed by atoms with Crippen molar-refractivity contribution in [3.8, 4) is 0 Å². The van der Waals surface area contributed by atoms with Crippen LogP contribution in [-0.2, 0) is 12.7 Å². The molecule has 0 aliphatic heterocycles. The maximum atomic E-state index is 13.3. The lowest BCUT2D eigenvalue weighted by Gasteiger charge is -2.29. The first-order chi connectivity index (χ1) is 14.9. The van der Waals surface area contributed by atoms with Gasteiger partial charge in [0.05, 0.1) is 10.6 Å². The number of alkyl halides is 4. The standard InChI is InChI=1S/C25H24BrClF3N.BrH/c26-15-8-16-31(17-21-13-7-14-23(24(21)27)25(28,29)30)18-22(19-9-3-1-4-10-19)20-11-5-2-6-12-20;/h1-7,9-14,22H,8,15-18H2;1H. The van der Waals surface area contributed by atoms with Crippen molar-refractivity contribution in [2.75, 3.05) is 18.4 Å². The van der Waals surface area contributed by atoms with Crippen LogP contribution in [0.15, 0.2) is 78.9 Å². The molecule has 0 N–H and O–H groups in total. The van der Waals surface area contributed by atoms with Gasteiger partial charge in [-0.05, 0) is 35.7 Å². The van der Waals surface area contributed by atoms with Crippen LogP contribution in [0.25, 0.3) is 0 Å². The molecule has 0 saturated carbocycles. The topological polar surface area (TPSA) is 3.24 Å². The Kier molecular flexibility index (Phi) is 10.7. The lowest BCUT2D eigenvalue weighted by molar-refractivity contribution is -0.137. The van der Waals surface area contributed by atoms with E-state index in [-0.39, 0.29) is 27.9 Å². The number of benzene rings is 3. The summed E-state index contributed by atoms with van der Waals surface area (Å²) >= 11 is 9.66. The van der Waals surface area contributed by atoms with Gasteiger partial charge in [-0.1, -0.05) is 100 Å². The van der Waals surface area contributed by atoms with E-state index in [9.17, 15) is 13.2 Å². The fourth-order valence-corrected chi connectivity index (χ4v) is 4.26. The van der Waals surface area contributed by atoms with E-state index in [0.717, 1.165) is 24.4 Å². The zero-order chi connectivity index (χ0) is 22.3. The molecule has 0 bridgehead atoms. The van der Waals surface area contributed by atoms with Gasteiger partial charge in [0.1, 0.15) is 0 Å². The van der Waals surface area contributed by atoms with Crippen LogP contribution in [0.2, 0.25) is 5.02 Å². The Labute approximate surface area is 211 Å². The van der Waals surface area contributed by atoms with Crippen LogP contribution in [0.5, 0.6) is 0 Å². The molecular weight excluding hydrogens is 567 g/mol. The Morgan fingerprint density at radius 3 is 1.91 bits per heavy atom. The highest BCUT2D eigenvalue weighted by molar-refractivity contribution is 9.09. The molecule has 0 aliphatic rings. The predicted octanol–water partition coefficient (Wildman–Crippen LogP) is 8.36. The fourth-order valence-electron chi connectivity index (χ4n) is 3.71. The molecule has 0 spiro atoms. The molecule has 3 rings (SSSR count). The third-order valence-corrected chi connectivity index (χ3v) is 6.24. The first-order valence-electron chi connectivity index (χ1n) is 10.1. The average molecular weight is 592 g/mol. The molecule has 0 unspecified atom stereocenters. The molecule has 0 atom stereocenters. The summed E-state index contributed by atoms with van der Waals surface area (Å²) in [5, 5.41) is 0.607. The van der Waals surface area contributed by atoms with E-state index in [1.807, 2.05) is 36.4 Å². The van der Waals surface area contributed by atoms with E-state index < -0.39 is 11.7 Å². The Hall–Kier alpha value is -1.34. The van der Waals surface area contributed by atoms with E-state index in [4.69, 9.17) is 11.6 Å². The van der Waals surface area contributed by atoms with Crippen molar-refractivity contribution in [2.24, 2.45) is 0 Å². The van der Waals surface area contributed by atoms with E-state index in [1.165, 1.54) is 17.2 Å². The van der Waals surface area contributed by atoms with Crippen molar-refractivity contribution >= 4 is 44.5 Å². The number of halogens is 6. The minimum absolute atomic E-state index is 0. The van der Waals surface area contributed by atoms with Crippen LogP contribution in [0.4, 0.5) is 13.2 Å². The third kappa shape index (κ3) is 7.34. The van der Waals surface area contributed by atoms with Gasteiger partial charge in [0.2, 0.25) is 0 Å². The van der Waals surface area contributed by atoms with Crippen LogP contribution in [0.3, 0.4) is 0 Å². The van der Waals surface area contributed by atoms with Gasteiger partial charge in [-0.3, -0.25) is 4.90 Å². The lowest BCUT2D eigenvalue weighted by Crippen LogP contribution is -2.30. The molecule has 0 saturated heterocycles. The van der Waals surface area contributed by atoms with Gasteiger partial charge in [-0.25, -0.2) is 0 Å². The van der Waals surface area contributed by atoms with Gasteiger partial charge in [-0.15, -0.1) is 17.0 Å². The first kappa shape index (κ1) is 26.9. The summed E-state index contributed by atoms with van der Waals surface area (Å²) in [5.41, 5.74) is 2.06. The van der Waals surface area contributed by atoms with E-state index in [0.29, 0.717) is 18.7 Å². The summed E-state index contributed by atoms with van der Waals surface area (Å²) in [7, 11) is 0. The summed E-state index contributed by atoms with van der Waals surface area (Å²) in [6.45, 7) is 1.77. The van der Waals surface area contributed by atoms with Gasteiger partial charge < -0.3 is 0 Å². The molecule has 0 aliphatic carbocycles. The second kappa shape index (κ2) is 12.8. The van der Waals surface area contributed by atoms with Crippen LogP contribution >= 0.6 is 44.5 Å². The zero-order valence-electron chi connectivity index (χ0n) is 17.4. The van der Waals surface area contributed by atoms with Crippen molar-refractivity contribution in [1.29, 1.82) is 0 Å². The summed E-state index contributed by atoms with van der Waals surface area (Å²) in [4.78, 5) is 2.19. The predicted molar refractivity (Wildman–Crippen MR) is 135 cm³/mol. The highest BCUT2D eigenvalue weighted by atomic mass is 79.9. The molecule has 0 aromatic heterocycles. The lowest BCUT2D eigenvalue weighted by atomic mass is 9.90. The number of hydrogen-bond acceptors (Lipinski definition) is 1. The van der Waals surface area contributed by atoms with Crippen LogP contribution in [0.1, 0.15) is 34.6 Å². The molecule has 0 heterocycles. The van der Waals surface area contributed by atoms with Crippen molar-refractivity contribution in [3.63, 3.8) is 0 Å². The molecule has 0 fully saturated rings. The number of hydrogen-bond donors (Lipinski definition) is 0. The minimum atomic E-state index is -4.47. The van der Waals surface area contributed by atoms with Crippen LogP contribution in [-0.4, -0.2) is 23.3 Å². The summed E-state index contributed by atoms with van der Waals surface area (Å²) in [6, 6.07) is 24.5. The average Bonchev–Trinajstić information content (AvgIpc) is 2.77. The number of nitrogens with zero attached hydrogens (tertiary/aromatic N) is 1. The molecule has 32 heavy (non-hydrogen) atoms. The van der Waals surface area contributed by atoms with Crippen molar-refractivity contribution < 1.29 is 13.2 Å². The van der Waals surface area contributed by atoms with Crippen molar-refractivity contribution in [1.82, 2.24) is 4.90 Å². The van der Waals surface area contributed by atoms with Gasteiger partial charge in [0.25, 0.3) is 0 Å². The molecular formula is C25H25Br2ClF3N. The zero-order valence-corrected chi connectivity index (χ0v) is 21.4. The van der Waals surface area contributed by atoms with E-state index in [1.54, 1.807) is 6.07 Å². The third-order valence-electron chi connectivity index (χ3n) is 5.23. The monoisotopic (exact) mass is 589 g/mol. The molecule has 3 aromatic rings. The molecule has 0 radical (unpaired) electrons. The quantitative estimate of drug-likeness (QED) is 0.226. The Bertz CT molecular complexity index is 913. The Morgan fingerprint density at radius 2 is 1.41 bits per heavy atom. The summed E-state index contributed by atoms with van der Waals surface area (Å²) in [5.74, 6) is 0.0994. The van der Waals surface area contributed by atoms with Gasteiger partial charge in [0.15, 0.2) is 0 Å². The maximum absolute atomic E-state index is 13.3. The second-order valence-corrected chi connectivity index (χ2v) is 8.60. The first-order valence-corrected chi connectivity index (χ1v) is 11.6. The Balaban J connectivity index is 0.00000363. The number of rotatable bonds is 9. The Morgan fingerprint density at radius 1 is 0.844 bits per heavy atom. The molecule has 7 heteroatoms. The molecule has 0 amide bonds. The second-order valence-electron chi connectivity index (χ2n) is 7.43. The normalized spacial score (nSPS) is 11.6.